The number of amides is 2. The Hall–Kier alpha value is -2.67. The van der Waals surface area contributed by atoms with Crippen LogP contribution in [0.4, 0.5) is 5.69 Å². The van der Waals surface area contributed by atoms with Crippen molar-refractivity contribution in [3.05, 3.63) is 30.0 Å². The van der Waals surface area contributed by atoms with Crippen molar-refractivity contribution in [3.8, 4) is 0 Å². The number of furan rings is 1. The highest BCUT2D eigenvalue weighted by molar-refractivity contribution is 6.11. The highest BCUT2D eigenvalue weighted by atomic mass is 16.3. The second-order valence-corrected chi connectivity index (χ2v) is 7.28. The van der Waals surface area contributed by atoms with Crippen molar-refractivity contribution < 1.29 is 18.8 Å². The summed E-state index contributed by atoms with van der Waals surface area (Å²) < 4.78 is 5.63. The molecule has 0 radical (unpaired) electrons. The maximum Gasteiger partial charge on any atom is 0.241 e. The maximum absolute atomic E-state index is 12.9. The number of para-hydroxylation sites is 1. The van der Waals surface area contributed by atoms with E-state index in [-0.39, 0.29) is 29.4 Å². The van der Waals surface area contributed by atoms with Crippen LogP contribution in [0.3, 0.4) is 0 Å². The van der Waals surface area contributed by atoms with Crippen LogP contribution in [0.2, 0.25) is 0 Å². The van der Waals surface area contributed by atoms with Crippen molar-refractivity contribution >= 4 is 34.3 Å². The van der Waals surface area contributed by atoms with Crippen LogP contribution in [0.25, 0.3) is 11.0 Å². The van der Waals surface area contributed by atoms with E-state index in [0.29, 0.717) is 29.6 Å². The molecule has 0 spiro atoms. The zero-order chi connectivity index (χ0) is 20.3. The second kappa shape index (κ2) is 8.56. The minimum atomic E-state index is -0.394. The molecule has 1 fully saturated rings. The number of piperidine rings is 1. The summed E-state index contributed by atoms with van der Waals surface area (Å²) in [6.45, 7) is 6.51. The standard InChI is InChI=1S/C21H27N3O4/c1-4-18(26)22-15-8-7-11-24(12-15)13(2)21(27)23-19-16-9-5-6-10-17(16)28-20(19)14(3)25/h5-6,9-10,13,15H,4,7-8,11-12H2,1-3H3,(H,22,26)(H,23,27). The first kappa shape index (κ1) is 20.1. The Labute approximate surface area is 164 Å². The van der Waals surface area contributed by atoms with Gasteiger partial charge in [-0.25, -0.2) is 0 Å². The zero-order valence-electron chi connectivity index (χ0n) is 16.6. The summed E-state index contributed by atoms with van der Waals surface area (Å²) in [5.74, 6) is -0.246. The van der Waals surface area contributed by atoms with E-state index < -0.39 is 6.04 Å². The van der Waals surface area contributed by atoms with Gasteiger partial charge in [0.2, 0.25) is 11.8 Å². The lowest BCUT2D eigenvalue weighted by Gasteiger charge is -2.36. The first-order valence-electron chi connectivity index (χ1n) is 9.77. The van der Waals surface area contributed by atoms with Gasteiger partial charge in [0.25, 0.3) is 0 Å². The van der Waals surface area contributed by atoms with Gasteiger partial charge in [-0.05, 0) is 38.4 Å². The number of carbonyl (C=O) groups excluding carboxylic acids is 3. The number of likely N-dealkylation sites (tertiary alicyclic amines) is 1. The van der Waals surface area contributed by atoms with Crippen molar-refractivity contribution in [2.24, 2.45) is 0 Å². The lowest BCUT2D eigenvalue weighted by Crippen LogP contribution is -2.53. The smallest absolute Gasteiger partial charge is 0.241 e. The molecule has 2 unspecified atom stereocenters. The summed E-state index contributed by atoms with van der Waals surface area (Å²) in [5.41, 5.74) is 0.990. The number of benzene rings is 1. The molecule has 7 heteroatoms. The van der Waals surface area contributed by atoms with Gasteiger partial charge in [0.1, 0.15) is 5.58 Å². The molecular formula is C21H27N3O4. The zero-order valence-corrected chi connectivity index (χ0v) is 16.6. The van der Waals surface area contributed by atoms with Gasteiger partial charge in [-0.15, -0.1) is 0 Å². The summed E-state index contributed by atoms with van der Waals surface area (Å²) in [6.07, 6.45) is 2.28. The Morgan fingerprint density at radius 2 is 2.04 bits per heavy atom. The van der Waals surface area contributed by atoms with E-state index in [4.69, 9.17) is 4.42 Å². The molecule has 1 saturated heterocycles. The molecule has 7 nitrogen and oxygen atoms in total. The van der Waals surface area contributed by atoms with Crippen LogP contribution in [-0.2, 0) is 9.59 Å². The van der Waals surface area contributed by atoms with Crippen LogP contribution in [0, 0.1) is 0 Å². The van der Waals surface area contributed by atoms with Crippen molar-refractivity contribution in [2.75, 3.05) is 18.4 Å². The Bertz CT molecular complexity index is 889. The molecule has 28 heavy (non-hydrogen) atoms. The quantitative estimate of drug-likeness (QED) is 0.746. The van der Waals surface area contributed by atoms with E-state index in [1.807, 2.05) is 32.0 Å². The summed E-state index contributed by atoms with van der Waals surface area (Å²) >= 11 is 0. The fourth-order valence-electron chi connectivity index (χ4n) is 3.62. The third-order valence-corrected chi connectivity index (χ3v) is 5.23. The molecule has 0 aliphatic carbocycles. The fraction of sp³-hybridized carbons (Fsp3) is 0.476. The molecular weight excluding hydrogens is 358 g/mol. The molecule has 1 aliphatic rings. The van der Waals surface area contributed by atoms with Crippen molar-refractivity contribution in [1.82, 2.24) is 10.2 Å². The predicted molar refractivity (Wildman–Crippen MR) is 107 cm³/mol. The number of rotatable bonds is 6. The van der Waals surface area contributed by atoms with Gasteiger partial charge < -0.3 is 15.1 Å². The molecule has 150 valence electrons. The highest BCUT2D eigenvalue weighted by Crippen LogP contribution is 2.31. The minimum Gasteiger partial charge on any atom is -0.451 e. The van der Waals surface area contributed by atoms with Crippen LogP contribution in [0.1, 0.15) is 50.6 Å². The first-order chi connectivity index (χ1) is 13.4. The molecule has 1 aliphatic heterocycles. The Balaban J connectivity index is 1.74. The number of anilines is 1. The van der Waals surface area contributed by atoms with Crippen LogP contribution < -0.4 is 10.6 Å². The van der Waals surface area contributed by atoms with Gasteiger partial charge >= 0.3 is 0 Å². The minimum absolute atomic E-state index is 0.0277. The highest BCUT2D eigenvalue weighted by Gasteiger charge is 2.29. The van der Waals surface area contributed by atoms with E-state index in [1.54, 1.807) is 6.07 Å². The van der Waals surface area contributed by atoms with Gasteiger partial charge in [0.05, 0.1) is 11.7 Å². The monoisotopic (exact) mass is 385 g/mol. The summed E-state index contributed by atoms with van der Waals surface area (Å²) in [6, 6.07) is 6.92. The number of nitrogens with one attached hydrogen (secondary N) is 2. The molecule has 3 rings (SSSR count). The summed E-state index contributed by atoms with van der Waals surface area (Å²) in [4.78, 5) is 38.6. The van der Waals surface area contributed by atoms with Crippen molar-refractivity contribution in [2.45, 2.75) is 52.1 Å². The van der Waals surface area contributed by atoms with E-state index in [2.05, 4.69) is 15.5 Å². The van der Waals surface area contributed by atoms with E-state index in [9.17, 15) is 14.4 Å². The largest absolute Gasteiger partial charge is 0.451 e. The van der Waals surface area contributed by atoms with Gasteiger partial charge in [-0.1, -0.05) is 19.1 Å². The molecule has 2 amide bonds. The van der Waals surface area contributed by atoms with Crippen LogP contribution in [0.15, 0.2) is 28.7 Å². The predicted octanol–water partition coefficient (Wildman–Crippen LogP) is 2.95. The van der Waals surface area contributed by atoms with E-state index >= 15 is 0 Å². The fourth-order valence-corrected chi connectivity index (χ4v) is 3.62. The number of ketones is 1. The number of carbonyl (C=O) groups is 3. The van der Waals surface area contributed by atoms with Gasteiger partial charge in [-0.3, -0.25) is 19.3 Å². The van der Waals surface area contributed by atoms with Gasteiger partial charge in [-0.2, -0.15) is 0 Å². The summed E-state index contributed by atoms with van der Waals surface area (Å²) in [5, 5.41) is 6.62. The van der Waals surface area contributed by atoms with Crippen LogP contribution in [0.5, 0.6) is 0 Å². The van der Waals surface area contributed by atoms with E-state index in [0.717, 1.165) is 19.4 Å². The Morgan fingerprint density at radius 1 is 1.29 bits per heavy atom. The molecule has 2 aromatic rings. The molecule has 1 aromatic heterocycles. The Kier molecular flexibility index (Phi) is 6.14. The number of nitrogens with zero attached hydrogens (tertiary/aromatic N) is 1. The molecule has 2 atom stereocenters. The second-order valence-electron chi connectivity index (χ2n) is 7.28. The molecule has 2 heterocycles. The SMILES string of the molecule is CCC(=O)NC1CCCN(C(C)C(=O)Nc2c(C(C)=O)oc3ccccc23)C1. The third kappa shape index (κ3) is 4.25. The van der Waals surface area contributed by atoms with Crippen LogP contribution in [-0.4, -0.2) is 47.7 Å². The number of hydrogen-bond donors (Lipinski definition) is 2. The average Bonchev–Trinajstić information content (AvgIpc) is 3.06. The Morgan fingerprint density at radius 3 is 2.75 bits per heavy atom. The normalized spacial score (nSPS) is 18.6. The lowest BCUT2D eigenvalue weighted by atomic mass is 10.0. The summed E-state index contributed by atoms with van der Waals surface area (Å²) in [7, 11) is 0. The van der Waals surface area contributed by atoms with Crippen molar-refractivity contribution in [3.63, 3.8) is 0 Å². The van der Waals surface area contributed by atoms with Gasteiger partial charge in [0, 0.05) is 31.3 Å². The lowest BCUT2D eigenvalue weighted by molar-refractivity contribution is -0.122. The molecule has 0 saturated carbocycles. The van der Waals surface area contributed by atoms with Crippen molar-refractivity contribution in [1.29, 1.82) is 0 Å². The first-order valence-corrected chi connectivity index (χ1v) is 9.77. The number of Topliss-reactive ketones (excluding diaryl/α,β-unsaturated/α-hetero) is 1. The third-order valence-electron chi connectivity index (χ3n) is 5.23. The van der Waals surface area contributed by atoms with Gasteiger partial charge in [0.15, 0.2) is 11.5 Å². The van der Waals surface area contributed by atoms with Crippen LogP contribution >= 0.6 is 0 Å². The average molecular weight is 385 g/mol. The topological polar surface area (TPSA) is 91.7 Å². The number of fused-ring (bicyclic) bond motifs is 1. The maximum atomic E-state index is 12.9. The molecule has 1 aromatic carbocycles. The molecule has 2 N–H and O–H groups in total. The number of hydrogen-bond acceptors (Lipinski definition) is 5. The van der Waals surface area contributed by atoms with E-state index in [1.165, 1.54) is 6.92 Å². The molecule has 0 bridgehead atoms.